The van der Waals surface area contributed by atoms with Crippen molar-refractivity contribution in [1.29, 1.82) is 5.26 Å². The third-order valence-electron chi connectivity index (χ3n) is 3.23. The van der Waals surface area contributed by atoms with Gasteiger partial charge < -0.3 is 4.57 Å². The molecule has 1 heterocycles. The highest BCUT2D eigenvalue weighted by Crippen LogP contribution is 2.23. The number of hydrogen-bond donors (Lipinski definition) is 0. The number of aryl methyl sites for hydroxylation is 1. The third kappa shape index (κ3) is 2.92. The fourth-order valence-corrected chi connectivity index (χ4v) is 2.24. The molecule has 0 radical (unpaired) electrons. The minimum Gasteiger partial charge on any atom is -0.347 e. The highest BCUT2D eigenvalue weighted by atomic mass is 14.9. The quantitative estimate of drug-likeness (QED) is 0.784. The first-order valence-corrected chi connectivity index (χ1v) is 6.49. The van der Waals surface area contributed by atoms with E-state index >= 15 is 0 Å². The van der Waals surface area contributed by atoms with E-state index in [-0.39, 0.29) is 0 Å². The molecule has 0 unspecified atom stereocenters. The lowest BCUT2D eigenvalue weighted by atomic mass is 9.91. The van der Waals surface area contributed by atoms with Crippen molar-refractivity contribution in [3.8, 4) is 6.07 Å². The summed E-state index contributed by atoms with van der Waals surface area (Å²) in [6, 6.07) is 10.2. The van der Waals surface area contributed by atoms with Gasteiger partial charge in [0.2, 0.25) is 0 Å². The first-order chi connectivity index (χ1) is 8.49. The van der Waals surface area contributed by atoms with Crippen LogP contribution < -0.4 is 0 Å². The van der Waals surface area contributed by atoms with Gasteiger partial charge in [0.25, 0.3) is 0 Å². The standard InChI is InChI=1S/C16H20N2/c1-16(2,3)8-4-9-18-10-7-14-11-13(12-17)5-6-15(14)18/h5-7,10-11H,4,8-9H2,1-3H3. The lowest BCUT2D eigenvalue weighted by Crippen LogP contribution is -2.07. The first-order valence-electron chi connectivity index (χ1n) is 6.49. The Labute approximate surface area is 109 Å². The van der Waals surface area contributed by atoms with Gasteiger partial charge in [-0.3, -0.25) is 0 Å². The van der Waals surface area contributed by atoms with Crippen molar-refractivity contribution < 1.29 is 0 Å². The summed E-state index contributed by atoms with van der Waals surface area (Å²) in [6.45, 7) is 7.88. The Balaban J connectivity index is 2.13. The smallest absolute Gasteiger partial charge is 0.0991 e. The highest BCUT2D eigenvalue weighted by Gasteiger charge is 2.09. The topological polar surface area (TPSA) is 28.7 Å². The van der Waals surface area contributed by atoms with Gasteiger partial charge in [0, 0.05) is 23.6 Å². The normalized spacial score (nSPS) is 11.7. The Hall–Kier alpha value is -1.75. The zero-order chi connectivity index (χ0) is 13.2. The fourth-order valence-electron chi connectivity index (χ4n) is 2.24. The number of benzene rings is 1. The summed E-state index contributed by atoms with van der Waals surface area (Å²) in [5.74, 6) is 0. The molecule has 0 spiro atoms. The van der Waals surface area contributed by atoms with Gasteiger partial charge in [-0.05, 0) is 42.5 Å². The monoisotopic (exact) mass is 240 g/mol. The molecule has 2 nitrogen and oxygen atoms in total. The molecule has 94 valence electrons. The molecule has 0 aliphatic carbocycles. The molecule has 0 bridgehead atoms. The van der Waals surface area contributed by atoms with Crippen LogP contribution in [0.5, 0.6) is 0 Å². The second-order valence-electron chi connectivity index (χ2n) is 6.06. The molecule has 0 atom stereocenters. The van der Waals surface area contributed by atoms with E-state index in [1.807, 2.05) is 18.2 Å². The van der Waals surface area contributed by atoms with Gasteiger partial charge in [0.1, 0.15) is 0 Å². The molecule has 2 rings (SSSR count). The zero-order valence-corrected chi connectivity index (χ0v) is 11.4. The molecule has 0 fully saturated rings. The van der Waals surface area contributed by atoms with Crippen LogP contribution in [0.1, 0.15) is 39.2 Å². The molecular weight excluding hydrogens is 220 g/mol. The molecule has 1 aromatic carbocycles. The van der Waals surface area contributed by atoms with Gasteiger partial charge in [-0.1, -0.05) is 20.8 Å². The summed E-state index contributed by atoms with van der Waals surface area (Å²) < 4.78 is 2.28. The maximum absolute atomic E-state index is 8.88. The van der Waals surface area contributed by atoms with Crippen molar-refractivity contribution in [2.75, 3.05) is 0 Å². The second kappa shape index (κ2) is 4.86. The van der Waals surface area contributed by atoms with Crippen LogP contribution in [-0.2, 0) is 6.54 Å². The van der Waals surface area contributed by atoms with Gasteiger partial charge in [0.15, 0.2) is 0 Å². The van der Waals surface area contributed by atoms with Gasteiger partial charge in [-0.25, -0.2) is 0 Å². The minimum atomic E-state index is 0.400. The molecule has 2 heteroatoms. The Morgan fingerprint density at radius 1 is 1.22 bits per heavy atom. The lowest BCUT2D eigenvalue weighted by Gasteiger charge is -2.18. The maximum Gasteiger partial charge on any atom is 0.0991 e. The average molecular weight is 240 g/mol. The number of fused-ring (bicyclic) bond motifs is 1. The minimum absolute atomic E-state index is 0.400. The predicted molar refractivity (Wildman–Crippen MR) is 75.3 cm³/mol. The van der Waals surface area contributed by atoms with E-state index in [4.69, 9.17) is 5.26 Å². The van der Waals surface area contributed by atoms with E-state index in [1.165, 1.54) is 18.4 Å². The molecule has 18 heavy (non-hydrogen) atoms. The number of hydrogen-bond acceptors (Lipinski definition) is 1. The Kier molecular flexibility index (Phi) is 3.43. The van der Waals surface area contributed by atoms with Crippen LogP contribution in [0.15, 0.2) is 30.5 Å². The number of nitriles is 1. The third-order valence-corrected chi connectivity index (χ3v) is 3.23. The van der Waals surface area contributed by atoms with Crippen molar-refractivity contribution in [1.82, 2.24) is 4.57 Å². The summed E-state index contributed by atoms with van der Waals surface area (Å²) >= 11 is 0. The SMILES string of the molecule is CC(C)(C)CCCn1ccc2cc(C#N)ccc21. The van der Waals surface area contributed by atoms with Crippen LogP contribution >= 0.6 is 0 Å². The molecule has 0 aliphatic heterocycles. The highest BCUT2D eigenvalue weighted by molar-refractivity contribution is 5.81. The molecule has 0 amide bonds. The second-order valence-corrected chi connectivity index (χ2v) is 6.06. The van der Waals surface area contributed by atoms with Gasteiger partial charge in [-0.15, -0.1) is 0 Å². The summed E-state index contributed by atoms with van der Waals surface area (Å²) in [5.41, 5.74) is 2.36. The van der Waals surface area contributed by atoms with E-state index in [9.17, 15) is 0 Å². The zero-order valence-electron chi connectivity index (χ0n) is 11.4. The lowest BCUT2D eigenvalue weighted by molar-refractivity contribution is 0.355. The van der Waals surface area contributed by atoms with E-state index < -0.39 is 0 Å². The van der Waals surface area contributed by atoms with Gasteiger partial charge in [0.05, 0.1) is 11.6 Å². The summed E-state index contributed by atoms with van der Waals surface area (Å²) in [7, 11) is 0. The molecule has 0 saturated carbocycles. The van der Waals surface area contributed by atoms with Crippen LogP contribution in [-0.4, -0.2) is 4.57 Å². The number of rotatable bonds is 3. The van der Waals surface area contributed by atoms with Crippen molar-refractivity contribution in [2.45, 2.75) is 40.2 Å². The molecule has 1 aromatic heterocycles. The van der Waals surface area contributed by atoms with Crippen molar-refractivity contribution >= 4 is 10.9 Å². The van der Waals surface area contributed by atoms with Crippen LogP contribution in [0.25, 0.3) is 10.9 Å². The molecule has 0 aliphatic rings. The van der Waals surface area contributed by atoms with Crippen LogP contribution in [0.4, 0.5) is 0 Å². The van der Waals surface area contributed by atoms with E-state index in [1.54, 1.807) is 0 Å². The van der Waals surface area contributed by atoms with Crippen molar-refractivity contribution in [3.63, 3.8) is 0 Å². The molecule has 0 N–H and O–H groups in total. The Morgan fingerprint density at radius 3 is 2.67 bits per heavy atom. The van der Waals surface area contributed by atoms with E-state index in [0.29, 0.717) is 5.41 Å². The van der Waals surface area contributed by atoms with Crippen LogP contribution in [0, 0.1) is 16.7 Å². The summed E-state index contributed by atoms with van der Waals surface area (Å²) in [5, 5.41) is 10.0. The van der Waals surface area contributed by atoms with Crippen molar-refractivity contribution in [3.05, 3.63) is 36.0 Å². The maximum atomic E-state index is 8.88. The van der Waals surface area contributed by atoms with Crippen LogP contribution in [0.3, 0.4) is 0 Å². The Morgan fingerprint density at radius 2 is 2.00 bits per heavy atom. The fraction of sp³-hybridized carbons (Fsp3) is 0.438. The largest absolute Gasteiger partial charge is 0.347 e. The first kappa shape index (κ1) is 12.7. The predicted octanol–water partition coefficient (Wildman–Crippen LogP) is 4.34. The summed E-state index contributed by atoms with van der Waals surface area (Å²) in [4.78, 5) is 0. The Bertz CT molecular complexity index is 579. The average Bonchev–Trinajstić information content (AvgIpc) is 2.70. The van der Waals surface area contributed by atoms with Crippen LogP contribution in [0.2, 0.25) is 0 Å². The van der Waals surface area contributed by atoms with E-state index in [2.05, 4.69) is 43.7 Å². The van der Waals surface area contributed by atoms with E-state index in [0.717, 1.165) is 17.5 Å². The summed E-state index contributed by atoms with van der Waals surface area (Å²) in [6.07, 6.45) is 4.53. The van der Waals surface area contributed by atoms with Gasteiger partial charge >= 0.3 is 0 Å². The molecule has 0 saturated heterocycles. The molecular formula is C16H20N2. The van der Waals surface area contributed by atoms with Crippen molar-refractivity contribution in [2.24, 2.45) is 5.41 Å². The number of aromatic nitrogens is 1. The number of nitrogens with zero attached hydrogens (tertiary/aromatic N) is 2. The van der Waals surface area contributed by atoms with Gasteiger partial charge in [-0.2, -0.15) is 5.26 Å². The molecule has 2 aromatic rings.